The first-order chi connectivity index (χ1) is 21.1. The number of hydrogen-bond acceptors (Lipinski definition) is 10. The van der Waals surface area contributed by atoms with E-state index in [2.05, 4.69) is 33.9 Å². The van der Waals surface area contributed by atoms with E-state index in [1.54, 1.807) is 49.9 Å². The zero-order valence-corrected chi connectivity index (χ0v) is 25.2. The van der Waals surface area contributed by atoms with Gasteiger partial charge in [-0.1, -0.05) is 12.1 Å². The van der Waals surface area contributed by atoms with Gasteiger partial charge in [0.1, 0.15) is 17.1 Å². The number of aromatic nitrogens is 7. The number of carbonyl (C=O) groups is 1. The summed E-state index contributed by atoms with van der Waals surface area (Å²) in [5.74, 6) is 1.26. The molecule has 4 aromatic heterocycles. The summed E-state index contributed by atoms with van der Waals surface area (Å²) < 4.78 is 16.1. The SMILES string of the molecule is C=CCn1c(=O)c2cnc(Nc3ccc4c(cnn4C(=O)OC(C)(C)C)c3)nc2n1-c1cccc(OC2CCN(C)CC2)n1. The van der Waals surface area contributed by atoms with Crippen molar-refractivity contribution in [3.05, 3.63) is 71.8 Å². The minimum absolute atomic E-state index is 0.0810. The van der Waals surface area contributed by atoms with Crippen LogP contribution in [-0.2, 0) is 11.3 Å². The van der Waals surface area contributed by atoms with Gasteiger partial charge in [0.15, 0.2) is 11.5 Å². The van der Waals surface area contributed by atoms with Crippen molar-refractivity contribution >= 4 is 39.7 Å². The number of nitrogens with one attached hydrogen (secondary N) is 1. The average Bonchev–Trinajstić information content (AvgIpc) is 3.52. The van der Waals surface area contributed by atoms with E-state index in [1.165, 1.54) is 15.6 Å². The molecule has 228 valence electrons. The molecular weight excluding hydrogens is 562 g/mol. The number of carbonyl (C=O) groups excluding carboxylic acids is 1. The lowest BCUT2D eigenvalue weighted by atomic mass is 10.1. The van der Waals surface area contributed by atoms with Crippen molar-refractivity contribution in [2.75, 3.05) is 25.5 Å². The van der Waals surface area contributed by atoms with Crippen LogP contribution in [0.3, 0.4) is 0 Å². The molecule has 1 saturated heterocycles. The van der Waals surface area contributed by atoms with E-state index >= 15 is 0 Å². The number of likely N-dealkylation sites (tertiary alicyclic amines) is 1. The van der Waals surface area contributed by atoms with Crippen LogP contribution in [0.4, 0.5) is 16.4 Å². The molecule has 1 N–H and O–H groups in total. The number of hydrogen-bond donors (Lipinski definition) is 1. The van der Waals surface area contributed by atoms with Gasteiger partial charge in [0, 0.05) is 36.4 Å². The molecule has 1 fully saturated rings. The lowest BCUT2D eigenvalue weighted by Crippen LogP contribution is -2.35. The second-order valence-electron chi connectivity index (χ2n) is 11.8. The van der Waals surface area contributed by atoms with Crippen LogP contribution in [0.5, 0.6) is 5.88 Å². The third-order valence-electron chi connectivity index (χ3n) is 7.25. The Labute approximate surface area is 253 Å². The Morgan fingerprint density at radius 2 is 1.93 bits per heavy atom. The zero-order valence-electron chi connectivity index (χ0n) is 25.2. The summed E-state index contributed by atoms with van der Waals surface area (Å²) in [5, 5.41) is 8.48. The second kappa shape index (κ2) is 11.6. The van der Waals surface area contributed by atoms with Crippen molar-refractivity contribution in [3.63, 3.8) is 0 Å². The van der Waals surface area contributed by atoms with Crippen molar-refractivity contribution in [3.8, 4) is 11.7 Å². The Balaban J connectivity index is 1.32. The Bertz CT molecular complexity index is 1910. The number of benzene rings is 1. The molecule has 0 spiro atoms. The van der Waals surface area contributed by atoms with Crippen LogP contribution < -0.4 is 15.6 Å². The molecule has 0 radical (unpaired) electrons. The summed E-state index contributed by atoms with van der Waals surface area (Å²) >= 11 is 0. The van der Waals surface area contributed by atoms with Crippen LogP contribution >= 0.6 is 0 Å². The summed E-state index contributed by atoms with van der Waals surface area (Å²) in [4.78, 5) is 42.1. The molecule has 13 nitrogen and oxygen atoms in total. The van der Waals surface area contributed by atoms with Gasteiger partial charge >= 0.3 is 6.09 Å². The average molecular weight is 598 g/mol. The lowest BCUT2D eigenvalue weighted by Gasteiger charge is -2.29. The van der Waals surface area contributed by atoms with Gasteiger partial charge in [-0.15, -0.1) is 6.58 Å². The maximum atomic E-state index is 13.4. The molecule has 1 aliphatic rings. The maximum Gasteiger partial charge on any atom is 0.435 e. The number of ether oxygens (including phenoxy) is 2. The summed E-state index contributed by atoms with van der Waals surface area (Å²) in [6, 6.07) is 10.9. The fraction of sp³-hybridized carbons (Fsp3) is 0.355. The molecule has 13 heteroatoms. The van der Waals surface area contributed by atoms with Crippen molar-refractivity contribution in [1.29, 1.82) is 0 Å². The Hall–Kier alpha value is -5.04. The maximum absolute atomic E-state index is 13.4. The quantitative estimate of drug-likeness (QED) is 0.267. The number of allylic oxidation sites excluding steroid dienone is 1. The number of rotatable bonds is 7. The molecule has 1 aromatic carbocycles. The molecule has 0 saturated carbocycles. The molecule has 5 heterocycles. The van der Waals surface area contributed by atoms with Crippen molar-refractivity contribution in [2.24, 2.45) is 0 Å². The minimum atomic E-state index is -0.644. The lowest BCUT2D eigenvalue weighted by molar-refractivity contribution is 0.0522. The number of fused-ring (bicyclic) bond motifs is 2. The molecule has 5 aromatic rings. The fourth-order valence-electron chi connectivity index (χ4n) is 5.16. The third kappa shape index (κ3) is 5.91. The molecule has 0 amide bonds. The summed E-state index contributed by atoms with van der Waals surface area (Å²) in [6.45, 7) is 11.4. The number of anilines is 2. The van der Waals surface area contributed by atoms with Gasteiger partial charge in [0.25, 0.3) is 5.56 Å². The topological polar surface area (TPSA) is 134 Å². The van der Waals surface area contributed by atoms with E-state index in [1.807, 2.05) is 24.3 Å². The van der Waals surface area contributed by atoms with E-state index in [4.69, 9.17) is 19.4 Å². The standard InChI is InChI=1S/C31H35N9O4/c1-6-14-38-28(41)23-19-32-29(34-21-10-11-24-20(17-21)18-33-39(24)30(42)44-31(2,3)4)36-27(23)40(38)25-8-7-9-26(35-25)43-22-12-15-37(5)16-13-22/h6-11,17-19,22H,1,12-16H2,2-5H3,(H,32,34,36). The highest BCUT2D eigenvalue weighted by atomic mass is 16.6. The van der Waals surface area contributed by atoms with Crippen LogP contribution in [0.1, 0.15) is 33.6 Å². The van der Waals surface area contributed by atoms with E-state index in [9.17, 15) is 9.59 Å². The molecular formula is C31H35N9O4. The molecule has 1 aliphatic heterocycles. The van der Waals surface area contributed by atoms with Crippen LogP contribution in [0, 0.1) is 0 Å². The minimum Gasteiger partial charge on any atom is -0.474 e. The fourth-order valence-corrected chi connectivity index (χ4v) is 5.16. The van der Waals surface area contributed by atoms with Crippen LogP contribution in [0.2, 0.25) is 0 Å². The summed E-state index contributed by atoms with van der Waals surface area (Å²) in [5.41, 5.74) is 0.758. The number of piperidine rings is 1. The molecule has 0 atom stereocenters. The largest absolute Gasteiger partial charge is 0.474 e. The normalized spacial score (nSPS) is 14.6. The summed E-state index contributed by atoms with van der Waals surface area (Å²) in [6.07, 6.45) is 6.11. The van der Waals surface area contributed by atoms with Gasteiger partial charge in [-0.05, 0) is 64.9 Å². The Morgan fingerprint density at radius 1 is 1.14 bits per heavy atom. The molecule has 0 bridgehead atoms. The smallest absolute Gasteiger partial charge is 0.435 e. The van der Waals surface area contributed by atoms with Gasteiger partial charge in [-0.2, -0.15) is 19.7 Å². The van der Waals surface area contributed by atoms with Crippen molar-refractivity contribution in [1.82, 2.24) is 39.0 Å². The van der Waals surface area contributed by atoms with Gasteiger partial charge in [-0.3, -0.25) is 4.79 Å². The third-order valence-corrected chi connectivity index (χ3v) is 7.25. The number of pyridine rings is 1. The van der Waals surface area contributed by atoms with Crippen LogP contribution in [-0.4, -0.2) is 76.9 Å². The summed E-state index contributed by atoms with van der Waals surface area (Å²) in [7, 11) is 2.11. The van der Waals surface area contributed by atoms with Gasteiger partial charge in [0.05, 0.1) is 18.3 Å². The molecule has 6 rings (SSSR count). The van der Waals surface area contributed by atoms with E-state index in [0.717, 1.165) is 31.3 Å². The van der Waals surface area contributed by atoms with E-state index in [0.29, 0.717) is 33.9 Å². The highest BCUT2D eigenvalue weighted by Gasteiger charge is 2.22. The first-order valence-corrected chi connectivity index (χ1v) is 14.5. The molecule has 44 heavy (non-hydrogen) atoms. The van der Waals surface area contributed by atoms with Crippen LogP contribution in [0.15, 0.2) is 66.2 Å². The number of nitrogens with zero attached hydrogens (tertiary/aromatic N) is 8. The van der Waals surface area contributed by atoms with Crippen LogP contribution in [0.25, 0.3) is 27.8 Å². The predicted molar refractivity (Wildman–Crippen MR) is 167 cm³/mol. The Morgan fingerprint density at radius 3 is 2.68 bits per heavy atom. The predicted octanol–water partition coefficient (Wildman–Crippen LogP) is 4.51. The van der Waals surface area contributed by atoms with E-state index < -0.39 is 11.7 Å². The highest BCUT2D eigenvalue weighted by molar-refractivity contribution is 5.90. The monoisotopic (exact) mass is 597 g/mol. The van der Waals surface area contributed by atoms with Gasteiger partial charge in [-0.25, -0.2) is 19.1 Å². The highest BCUT2D eigenvalue weighted by Crippen LogP contribution is 2.24. The molecule has 0 unspecified atom stereocenters. The first-order valence-electron chi connectivity index (χ1n) is 14.5. The Kier molecular flexibility index (Phi) is 7.64. The zero-order chi connectivity index (χ0) is 31.0. The first kappa shape index (κ1) is 29.1. The van der Waals surface area contributed by atoms with Crippen molar-refractivity contribution < 1.29 is 14.3 Å². The van der Waals surface area contributed by atoms with Gasteiger partial charge in [0.2, 0.25) is 11.8 Å². The second-order valence-corrected chi connectivity index (χ2v) is 11.8. The van der Waals surface area contributed by atoms with Gasteiger partial charge < -0.3 is 19.7 Å². The molecule has 0 aliphatic carbocycles. The van der Waals surface area contributed by atoms with E-state index in [-0.39, 0.29) is 24.2 Å². The van der Waals surface area contributed by atoms with Crippen molar-refractivity contribution in [2.45, 2.75) is 51.9 Å².